The lowest BCUT2D eigenvalue weighted by molar-refractivity contribution is -0.140. The molecule has 0 aliphatic carbocycles. The molecule has 0 radical (unpaired) electrons. The molecule has 0 aromatic rings. The molecule has 102 valence electrons. The maximum absolute atomic E-state index is 11.4. The third-order valence-electron chi connectivity index (χ3n) is 2.00. The Kier molecular flexibility index (Phi) is 6.18. The second-order valence-electron chi connectivity index (χ2n) is 3.51. The fraction of sp³-hybridized carbons (Fsp3) is 0.556. The van der Waals surface area contributed by atoms with E-state index in [2.05, 4.69) is 10.6 Å². The summed E-state index contributed by atoms with van der Waals surface area (Å²) in [4.78, 5) is 43.8. The molecule has 2 atom stereocenters. The quantitative estimate of drug-likeness (QED) is 0.365. The van der Waals surface area contributed by atoms with Crippen LogP contribution in [0, 0.1) is 0 Å². The maximum atomic E-state index is 11.4. The third-order valence-corrected chi connectivity index (χ3v) is 2.00. The minimum absolute atomic E-state index is 0.438. The Labute approximate surface area is 103 Å². The van der Waals surface area contributed by atoms with Crippen LogP contribution in [0.4, 0.5) is 4.79 Å². The van der Waals surface area contributed by atoms with Gasteiger partial charge in [0.15, 0.2) is 0 Å². The molecule has 0 bridgehead atoms. The summed E-state index contributed by atoms with van der Waals surface area (Å²) in [7, 11) is 1.39. The number of nitrogens with two attached hydrogens (primary N) is 1. The number of carboxylic acid groups (broad SMARTS) is 1. The summed E-state index contributed by atoms with van der Waals surface area (Å²) in [5, 5.41) is 15.3. The molecule has 0 saturated heterocycles. The van der Waals surface area contributed by atoms with E-state index in [1.807, 2.05) is 5.32 Å². The highest BCUT2D eigenvalue weighted by molar-refractivity contribution is 5.90. The van der Waals surface area contributed by atoms with Crippen LogP contribution in [-0.2, 0) is 14.4 Å². The Morgan fingerprint density at radius 3 is 2.17 bits per heavy atom. The van der Waals surface area contributed by atoms with Crippen molar-refractivity contribution in [1.29, 1.82) is 0 Å². The van der Waals surface area contributed by atoms with E-state index < -0.39 is 42.3 Å². The number of carbonyl (C=O) groups excluding carboxylic acids is 3. The lowest BCUT2D eigenvalue weighted by Gasteiger charge is -2.16. The van der Waals surface area contributed by atoms with Crippen molar-refractivity contribution in [2.75, 3.05) is 7.05 Å². The number of primary amides is 1. The summed E-state index contributed by atoms with van der Waals surface area (Å²) in [5.41, 5.74) is 4.84. The molecular weight excluding hydrogens is 244 g/mol. The van der Waals surface area contributed by atoms with Crippen molar-refractivity contribution in [3.63, 3.8) is 0 Å². The number of amides is 4. The first kappa shape index (κ1) is 15.7. The Morgan fingerprint density at radius 2 is 1.78 bits per heavy atom. The molecule has 0 fully saturated rings. The third kappa shape index (κ3) is 5.68. The van der Waals surface area contributed by atoms with Gasteiger partial charge in [-0.05, 0) is 6.92 Å². The summed E-state index contributed by atoms with van der Waals surface area (Å²) in [6, 6.07) is -3.14. The normalized spacial score (nSPS) is 13.0. The Balaban J connectivity index is 4.38. The topological polar surface area (TPSA) is 151 Å². The van der Waals surface area contributed by atoms with Crippen LogP contribution < -0.4 is 21.7 Å². The summed E-state index contributed by atoms with van der Waals surface area (Å²) < 4.78 is 0. The average molecular weight is 260 g/mol. The van der Waals surface area contributed by atoms with E-state index in [1.54, 1.807) is 0 Å². The SMILES string of the molecule is CNC(=O)C(C)NC(=O)N[C@@H](CC(N)=O)C(=O)O. The molecule has 0 rings (SSSR count). The standard InChI is InChI=1S/C9H16N4O5/c1-4(7(15)11-2)12-9(18)13-5(8(16)17)3-6(10)14/h4-5H,3H2,1-2H3,(H2,10,14)(H,11,15)(H,16,17)(H2,12,13,18)/t4?,5-/m0/s1. The molecule has 0 aromatic heterocycles. The molecule has 9 nitrogen and oxygen atoms in total. The summed E-state index contributed by atoms with van der Waals surface area (Å²) in [5.74, 6) is -2.69. The van der Waals surface area contributed by atoms with Crippen LogP contribution in [-0.4, -0.2) is 48.1 Å². The number of hydrogen-bond acceptors (Lipinski definition) is 4. The lowest BCUT2D eigenvalue weighted by Crippen LogP contribution is -2.52. The molecule has 0 heterocycles. The molecule has 0 spiro atoms. The molecule has 0 aliphatic heterocycles. The van der Waals surface area contributed by atoms with Gasteiger partial charge in [-0.3, -0.25) is 9.59 Å². The van der Waals surface area contributed by atoms with Crippen molar-refractivity contribution in [3.05, 3.63) is 0 Å². The fourth-order valence-corrected chi connectivity index (χ4v) is 1.08. The molecule has 0 aliphatic rings. The second-order valence-corrected chi connectivity index (χ2v) is 3.51. The van der Waals surface area contributed by atoms with Crippen LogP contribution in [0.15, 0.2) is 0 Å². The van der Waals surface area contributed by atoms with Gasteiger partial charge >= 0.3 is 12.0 Å². The van der Waals surface area contributed by atoms with Crippen molar-refractivity contribution in [3.8, 4) is 0 Å². The first-order chi connectivity index (χ1) is 8.27. The van der Waals surface area contributed by atoms with E-state index in [0.717, 1.165) is 0 Å². The number of nitrogens with one attached hydrogen (secondary N) is 3. The smallest absolute Gasteiger partial charge is 0.326 e. The summed E-state index contributed by atoms with van der Waals surface area (Å²) in [6.07, 6.45) is -0.531. The van der Waals surface area contributed by atoms with Gasteiger partial charge < -0.3 is 26.8 Å². The molecule has 4 amide bonds. The van der Waals surface area contributed by atoms with Gasteiger partial charge in [-0.2, -0.15) is 0 Å². The number of carboxylic acids is 1. The molecule has 0 aromatic carbocycles. The summed E-state index contributed by atoms with van der Waals surface area (Å²) in [6.45, 7) is 1.42. The maximum Gasteiger partial charge on any atom is 0.326 e. The van der Waals surface area contributed by atoms with Crippen LogP contribution >= 0.6 is 0 Å². The van der Waals surface area contributed by atoms with E-state index in [4.69, 9.17) is 10.8 Å². The van der Waals surface area contributed by atoms with Gasteiger partial charge in [-0.1, -0.05) is 0 Å². The zero-order valence-corrected chi connectivity index (χ0v) is 10.0. The van der Waals surface area contributed by atoms with Crippen molar-refractivity contribution in [2.45, 2.75) is 25.4 Å². The van der Waals surface area contributed by atoms with Crippen molar-refractivity contribution in [1.82, 2.24) is 16.0 Å². The van der Waals surface area contributed by atoms with E-state index in [1.165, 1.54) is 14.0 Å². The second kappa shape index (κ2) is 7.09. The van der Waals surface area contributed by atoms with Crippen molar-refractivity contribution >= 4 is 23.8 Å². The number of carbonyl (C=O) groups is 4. The predicted molar refractivity (Wildman–Crippen MR) is 60.4 cm³/mol. The van der Waals surface area contributed by atoms with Gasteiger partial charge in [0.1, 0.15) is 12.1 Å². The Hall–Kier alpha value is -2.32. The average Bonchev–Trinajstić information content (AvgIpc) is 2.25. The molecule has 6 N–H and O–H groups in total. The largest absolute Gasteiger partial charge is 0.480 e. The number of hydrogen-bond donors (Lipinski definition) is 5. The molecule has 0 saturated carbocycles. The van der Waals surface area contributed by atoms with Gasteiger partial charge in [-0.25, -0.2) is 9.59 Å². The zero-order chi connectivity index (χ0) is 14.3. The zero-order valence-electron chi connectivity index (χ0n) is 10.0. The number of likely N-dealkylation sites (N-methyl/N-ethyl adjacent to an activating group) is 1. The van der Waals surface area contributed by atoms with E-state index in [0.29, 0.717) is 0 Å². The van der Waals surface area contributed by atoms with Crippen molar-refractivity contribution < 1.29 is 24.3 Å². The van der Waals surface area contributed by atoms with Crippen LogP contribution in [0.2, 0.25) is 0 Å². The number of rotatable bonds is 6. The molecule has 9 heteroatoms. The van der Waals surface area contributed by atoms with E-state index in [9.17, 15) is 19.2 Å². The highest BCUT2D eigenvalue weighted by Gasteiger charge is 2.23. The first-order valence-corrected chi connectivity index (χ1v) is 5.07. The van der Waals surface area contributed by atoms with Crippen LogP contribution in [0.3, 0.4) is 0 Å². The van der Waals surface area contributed by atoms with E-state index >= 15 is 0 Å². The van der Waals surface area contributed by atoms with E-state index in [-0.39, 0.29) is 0 Å². The van der Waals surface area contributed by atoms with Crippen LogP contribution in [0.25, 0.3) is 0 Å². The minimum Gasteiger partial charge on any atom is -0.480 e. The Bertz CT molecular complexity index is 357. The van der Waals surface area contributed by atoms with Gasteiger partial charge in [0, 0.05) is 7.05 Å². The lowest BCUT2D eigenvalue weighted by atomic mass is 10.2. The van der Waals surface area contributed by atoms with Gasteiger partial charge in [0.05, 0.1) is 6.42 Å². The minimum atomic E-state index is -1.43. The summed E-state index contributed by atoms with van der Waals surface area (Å²) >= 11 is 0. The predicted octanol–water partition coefficient (Wildman–Crippen LogP) is -2.25. The van der Waals surface area contributed by atoms with Gasteiger partial charge in [0.25, 0.3) is 0 Å². The highest BCUT2D eigenvalue weighted by Crippen LogP contribution is 1.92. The van der Waals surface area contributed by atoms with Crippen LogP contribution in [0.1, 0.15) is 13.3 Å². The van der Waals surface area contributed by atoms with Gasteiger partial charge in [-0.15, -0.1) is 0 Å². The fourth-order valence-electron chi connectivity index (χ4n) is 1.08. The van der Waals surface area contributed by atoms with Crippen LogP contribution in [0.5, 0.6) is 0 Å². The number of aliphatic carboxylic acids is 1. The highest BCUT2D eigenvalue weighted by atomic mass is 16.4. The Morgan fingerprint density at radius 1 is 1.22 bits per heavy atom. The monoisotopic (exact) mass is 260 g/mol. The molecule has 1 unspecified atom stereocenters. The number of urea groups is 1. The first-order valence-electron chi connectivity index (χ1n) is 5.07. The van der Waals surface area contributed by atoms with Crippen molar-refractivity contribution in [2.24, 2.45) is 5.73 Å². The molecule has 18 heavy (non-hydrogen) atoms. The molecular formula is C9H16N4O5. The van der Waals surface area contributed by atoms with Gasteiger partial charge in [0.2, 0.25) is 11.8 Å².